The van der Waals surface area contributed by atoms with Crippen LogP contribution in [0.2, 0.25) is 10.0 Å². The molecule has 0 aliphatic carbocycles. The van der Waals surface area contributed by atoms with E-state index in [2.05, 4.69) is 20.6 Å². The quantitative estimate of drug-likeness (QED) is 0.110. The van der Waals surface area contributed by atoms with Gasteiger partial charge < -0.3 is 30.8 Å². The molecule has 2 heterocycles. The van der Waals surface area contributed by atoms with Gasteiger partial charge in [-0.1, -0.05) is 59.6 Å². The topological polar surface area (TPSA) is 199 Å². The van der Waals surface area contributed by atoms with Crippen LogP contribution in [0.15, 0.2) is 119 Å². The van der Waals surface area contributed by atoms with E-state index < -0.39 is 35.8 Å². The Morgan fingerprint density at radius 2 is 0.904 bits per heavy atom. The summed E-state index contributed by atoms with van der Waals surface area (Å²) in [5, 5.41) is 26.4. The lowest BCUT2D eigenvalue weighted by Gasteiger charge is -2.16. The molecule has 2 aromatic heterocycles. The highest BCUT2D eigenvalue weighted by atomic mass is 35.5. The summed E-state index contributed by atoms with van der Waals surface area (Å²) < 4.78 is 0. The number of hydrogen-bond acceptors (Lipinski definition) is 6. The number of nitrogens with one attached hydrogen (secondary N) is 4. The van der Waals surface area contributed by atoms with Gasteiger partial charge >= 0.3 is 11.9 Å². The van der Waals surface area contributed by atoms with Gasteiger partial charge in [-0.25, -0.2) is 9.59 Å². The average molecular weight is 742 g/mol. The molecule has 2 amide bonds. The second-order valence-corrected chi connectivity index (χ2v) is 12.4. The number of carboxylic acid groups (broad SMARTS) is 2. The molecule has 0 saturated heterocycles. The molecule has 6 aromatic rings. The molecule has 2 unspecified atom stereocenters. The summed E-state index contributed by atoms with van der Waals surface area (Å²) in [4.78, 5) is 76.9. The molecule has 6 N–H and O–H groups in total. The predicted molar refractivity (Wildman–Crippen MR) is 197 cm³/mol. The lowest BCUT2D eigenvalue weighted by Crippen LogP contribution is -2.42. The minimum Gasteiger partial charge on any atom is -0.480 e. The molecule has 0 fully saturated rings. The number of carbonyl (C=O) groups excluding carboxylic acids is 2. The Labute approximate surface area is 305 Å². The van der Waals surface area contributed by atoms with E-state index in [4.69, 9.17) is 23.2 Å². The van der Waals surface area contributed by atoms with Crippen LogP contribution in [-0.2, 0) is 22.4 Å². The third kappa shape index (κ3) is 9.50. The number of aromatic nitrogens is 2. The van der Waals surface area contributed by atoms with Crippen LogP contribution in [0.1, 0.15) is 31.8 Å². The van der Waals surface area contributed by atoms with Gasteiger partial charge in [-0.05, 0) is 71.8 Å². The van der Waals surface area contributed by atoms with Crippen LogP contribution >= 0.6 is 23.2 Å². The van der Waals surface area contributed by atoms with Gasteiger partial charge in [0, 0.05) is 68.0 Å². The van der Waals surface area contributed by atoms with E-state index >= 15 is 0 Å². The molecule has 0 aliphatic rings. The van der Waals surface area contributed by atoms with Crippen LogP contribution in [0, 0.1) is 0 Å². The number of H-pyrrole nitrogens is 2. The molecule has 0 spiro atoms. The van der Waals surface area contributed by atoms with Gasteiger partial charge in [-0.2, -0.15) is 0 Å². The van der Waals surface area contributed by atoms with Crippen LogP contribution in [0.25, 0.3) is 21.8 Å². The smallest absolute Gasteiger partial charge is 0.326 e. The lowest BCUT2D eigenvalue weighted by atomic mass is 10.0. The first-order valence-corrected chi connectivity index (χ1v) is 16.4. The molecule has 6 rings (SSSR count). The minimum atomic E-state index is -1.18. The summed E-state index contributed by atoms with van der Waals surface area (Å²) in [6, 6.07) is 26.8. The van der Waals surface area contributed by atoms with Crippen molar-refractivity contribution in [3.63, 3.8) is 0 Å². The highest BCUT2D eigenvalue weighted by molar-refractivity contribution is 6.31. The normalized spacial score (nSPS) is 11.9. The maximum atomic E-state index is 12.3. The fourth-order valence-corrected chi connectivity index (χ4v) is 5.67. The van der Waals surface area contributed by atoms with Crippen LogP contribution in [0.5, 0.6) is 0 Å². The molecule has 14 heteroatoms. The van der Waals surface area contributed by atoms with Crippen LogP contribution in [0.3, 0.4) is 0 Å². The molecule has 52 heavy (non-hydrogen) atoms. The summed E-state index contributed by atoms with van der Waals surface area (Å²) in [6.45, 7) is 0. The van der Waals surface area contributed by atoms with Gasteiger partial charge in [0.05, 0.1) is 0 Å². The number of rotatable bonds is 10. The minimum absolute atomic E-state index is 0.0148. The predicted octanol–water partition coefficient (Wildman–Crippen LogP) is 5.21. The maximum absolute atomic E-state index is 12.3. The number of carbonyl (C=O) groups is 4. The standard InChI is InChI=1S/2C19H15ClN2O4/c2*20-13-7-5-11(6-8-13)18(24)22-16(19(25)26)9-12-10-17(23)21-15-4-2-1-3-14(12)15/h2*1-8,10,16H,9H2,(H,21,23)(H,22,24)(H,25,26). The number of aliphatic carboxylic acids is 2. The second kappa shape index (κ2) is 16.6. The van der Waals surface area contributed by atoms with Crippen molar-refractivity contribution in [3.8, 4) is 0 Å². The molecule has 0 aliphatic heterocycles. The van der Waals surface area contributed by atoms with E-state index in [0.717, 1.165) is 10.8 Å². The first-order chi connectivity index (χ1) is 24.9. The molecule has 0 bridgehead atoms. The summed E-state index contributed by atoms with van der Waals surface area (Å²) in [7, 11) is 0. The first-order valence-electron chi connectivity index (χ1n) is 15.7. The summed E-state index contributed by atoms with van der Waals surface area (Å²) in [6.07, 6.45) is -0.0296. The van der Waals surface area contributed by atoms with E-state index in [9.17, 15) is 39.0 Å². The van der Waals surface area contributed by atoms with Crippen LogP contribution in [-0.4, -0.2) is 56.0 Å². The van der Waals surface area contributed by atoms with E-state index in [1.807, 2.05) is 0 Å². The number of halogens is 2. The Morgan fingerprint density at radius 3 is 1.25 bits per heavy atom. The molecule has 0 radical (unpaired) electrons. The fraction of sp³-hybridized carbons (Fsp3) is 0.105. The van der Waals surface area contributed by atoms with E-state index in [1.165, 1.54) is 36.4 Å². The van der Waals surface area contributed by atoms with Crippen LogP contribution in [0.4, 0.5) is 0 Å². The molecule has 0 saturated carbocycles. The molecule has 2 atom stereocenters. The lowest BCUT2D eigenvalue weighted by molar-refractivity contribution is -0.140. The fourth-order valence-electron chi connectivity index (χ4n) is 5.42. The van der Waals surface area contributed by atoms with Crippen molar-refractivity contribution < 1.29 is 29.4 Å². The average Bonchev–Trinajstić information content (AvgIpc) is 3.11. The highest BCUT2D eigenvalue weighted by Gasteiger charge is 2.24. The zero-order chi connectivity index (χ0) is 37.4. The highest BCUT2D eigenvalue weighted by Crippen LogP contribution is 2.18. The number of amides is 2. The Balaban J connectivity index is 0.000000201. The third-order valence-electron chi connectivity index (χ3n) is 7.94. The number of aromatic amines is 2. The number of benzene rings is 4. The molecule has 4 aromatic carbocycles. The van der Waals surface area contributed by atoms with Crippen molar-refractivity contribution in [2.75, 3.05) is 0 Å². The van der Waals surface area contributed by atoms with Crippen molar-refractivity contribution in [3.05, 3.63) is 162 Å². The van der Waals surface area contributed by atoms with Gasteiger partial charge in [0.25, 0.3) is 11.8 Å². The van der Waals surface area contributed by atoms with Crippen molar-refractivity contribution >= 4 is 68.8 Å². The zero-order valence-electron chi connectivity index (χ0n) is 27.1. The van der Waals surface area contributed by atoms with E-state index in [-0.39, 0.29) is 24.0 Å². The Hall–Kier alpha value is -6.24. The summed E-state index contributed by atoms with van der Waals surface area (Å²) in [5.74, 6) is -3.42. The van der Waals surface area contributed by atoms with Crippen molar-refractivity contribution in [2.45, 2.75) is 24.9 Å². The monoisotopic (exact) mass is 740 g/mol. The zero-order valence-corrected chi connectivity index (χ0v) is 28.6. The molecule has 12 nitrogen and oxygen atoms in total. The number of para-hydroxylation sites is 2. The number of hydrogen-bond donors (Lipinski definition) is 6. The van der Waals surface area contributed by atoms with Crippen molar-refractivity contribution in [1.29, 1.82) is 0 Å². The van der Waals surface area contributed by atoms with Crippen LogP contribution < -0.4 is 21.8 Å². The Bertz CT molecular complexity index is 2220. The Morgan fingerprint density at radius 1 is 0.558 bits per heavy atom. The number of pyridine rings is 2. The SMILES string of the molecule is O=C(NC(Cc1cc(=O)[nH]c2ccccc12)C(=O)O)c1ccc(Cl)cc1.O=C(NC(Cc1cc(=O)[nH]c2ccccc12)C(=O)O)c1ccc(Cl)cc1. The third-order valence-corrected chi connectivity index (χ3v) is 8.44. The second-order valence-electron chi connectivity index (χ2n) is 11.6. The van der Waals surface area contributed by atoms with Gasteiger partial charge in [-0.3, -0.25) is 19.2 Å². The van der Waals surface area contributed by atoms with Crippen molar-refractivity contribution in [1.82, 2.24) is 20.6 Å². The number of carboxylic acids is 2. The van der Waals surface area contributed by atoms with E-state index in [0.29, 0.717) is 43.3 Å². The molecule has 264 valence electrons. The maximum Gasteiger partial charge on any atom is 0.326 e. The summed E-state index contributed by atoms with van der Waals surface area (Å²) >= 11 is 11.6. The largest absolute Gasteiger partial charge is 0.480 e. The Kier molecular flexibility index (Phi) is 11.9. The molecular weight excluding hydrogens is 711 g/mol. The van der Waals surface area contributed by atoms with Gasteiger partial charge in [-0.15, -0.1) is 0 Å². The van der Waals surface area contributed by atoms with Crippen molar-refractivity contribution in [2.24, 2.45) is 0 Å². The van der Waals surface area contributed by atoms with E-state index in [1.54, 1.807) is 72.8 Å². The summed E-state index contributed by atoms with van der Waals surface area (Å²) in [5.41, 5.74) is 2.28. The number of fused-ring (bicyclic) bond motifs is 2. The van der Waals surface area contributed by atoms with Gasteiger partial charge in [0.2, 0.25) is 11.1 Å². The molecular formula is C38H30Cl2N4O8. The first kappa shape index (κ1) is 37.0. The van der Waals surface area contributed by atoms with Gasteiger partial charge in [0.1, 0.15) is 12.1 Å². The van der Waals surface area contributed by atoms with Gasteiger partial charge in [0.15, 0.2) is 0 Å².